The predicted molar refractivity (Wildman–Crippen MR) is 140 cm³/mol. The van der Waals surface area contributed by atoms with E-state index >= 15 is 0 Å². The van der Waals surface area contributed by atoms with E-state index in [0.717, 1.165) is 32.2 Å². The van der Waals surface area contributed by atoms with Gasteiger partial charge in [0.2, 0.25) is 5.91 Å². The summed E-state index contributed by atoms with van der Waals surface area (Å²) < 4.78 is 25.7. The van der Waals surface area contributed by atoms with Gasteiger partial charge in [0.1, 0.15) is 18.1 Å². The molecule has 1 saturated heterocycles. The van der Waals surface area contributed by atoms with Gasteiger partial charge in [0.05, 0.1) is 9.92 Å². The fourth-order valence-electron chi connectivity index (χ4n) is 4.43. The van der Waals surface area contributed by atoms with Crippen molar-refractivity contribution in [2.24, 2.45) is 0 Å². The first-order valence-electron chi connectivity index (χ1n) is 11.8. The number of carbonyl (C=O) groups excluding carboxylic acids is 2. The molecule has 2 aromatic heterocycles. The monoisotopic (exact) mass is 531 g/mol. The summed E-state index contributed by atoms with van der Waals surface area (Å²) >= 11 is 5.86. The number of piperidine rings is 1. The van der Waals surface area contributed by atoms with Crippen molar-refractivity contribution >= 4 is 50.0 Å². The van der Waals surface area contributed by atoms with Crippen LogP contribution in [0.1, 0.15) is 37.2 Å². The van der Waals surface area contributed by atoms with E-state index in [2.05, 4.69) is 34.4 Å². The molecule has 0 spiro atoms. The number of nitrogens with zero attached hydrogens (tertiary/aromatic N) is 3. The maximum atomic E-state index is 13.4. The smallest absolute Gasteiger partial charge is 0.268 e. The number of fused-ring (bicyclic) bond motifs is 1. The molecule has 192 valence electrons. The molecule has 1 aliphatic heterocycles. The molecular formula is C25H30ClN5O4S. The lowest BCUT2D eigenvalue weighted by molar-refractivity contribution is -0.116. The zero-order valence-electron chi connectivity index (χ0n) is 20.5. The highest BCUT2D eigenvalue weighted by Gasteiger charge is 2.25. The van der Waals surface area contributed by atoms with Gasteiger partial charge in [0.15, 0.2) is 9.84 Å². The Balaban J connectivity index is 1.61. The molecular weight excluding hydrogens is 502 g/mol. The Kier molecular flexibility index (Phi) is 7.67. The van der Waals surface area contributed by atoms with Crippen LogP contribution in [0.15, 0.2) is 47.5 Å². The molecule has 0 unspecified atom stereocenters. The fraction of sp³-hybridized carbons (Fsp3) is 0.400. The average molecular weight is 532 g/mol. The topological polar surface area (TPSA) is 113 Å². The number of hydrogen-bond donors (Lipinski definition) is 2. The van der Waals surface area contributed by atoms with Crippen LogP contribution in [0.5, 0.6) is 0 Å². The molecule has 0 bridgehead atoms. The minimum Gasteiger partial charge on any atom is -0.348 e. The van der Waals surface area contributed by atoms with Crippen LogP contribution in [0, 0.1) is 0 Å². The highest BCUT2D eigenvalue weighted by Crippen LogP contribution is 2.25. The standard InChI is InChI=1S/C25H30ClN5O4S/c1-16(2)30-10-8-19(9-11-30)28-25(33)22-13-17-12-20(36(3,34)35)5-6-21(17)31(22)15-24(32)29-23-7-4-18(26)14-27-23/h4-7,12-14,16,19H,8-11,15H2,1-3H3,(H,28,33)(H,27,29,32). The second kappa shape index (κ2) is 10.6. The number of rotatable bonds is 7. The van der Waals surface area contributed by atoms with Gasteiger partial charge in [0.25, 0.3) is 5.91 Å². The Morgan fingerprint density at radius 1 is 1.14 bits per heavy atom. The van der Waals surface area contributed by atoms with Gasteiger partial charge in [-0.2, -0.15) is 0 Å². The van der Waals surface area contributed by atoms with Crippen LogP contribution in [0.2, 0.25) is 5.02 Å². The zero-order chi connectivity index (χ0) is 26.0. The van der Waals surface area contributed by atoms with Crippen molar-refractivity contribution in [2.75, 3.05) is 24.7 Å². The minimum absolute atomic E-state index is 0.0256. The zero-order valence-corrected chi connectivity index (χ0v) is 22.1. The lowest BCUT2D eigenvalue weighted by atomic mass is 10.0. The molecule has 2 N–H and O–H groups in total. The highest BCUT2D eigenvalue weighted by atomic mass is 35.5. The molecule has 0 saturated carbocycles. The van der Waals surface area contributed by atoms with Crippen LogP contribution in [0.25, 0.3) is 10.9 Å². The Hall–Kier alpha value is -2.95. The van der Waals surface area contributed by atoms with E-state index in [9.17, 15) is 18.0 Å². The number of halogens is 1. The third kappa shape index (κ3) is 6.05. The number of amides is 2. The lowest BCUT2D eigenvalue weighted by Crippen LogP contribution is -2.47. The minimum atomic E-state index is -3.43. The van der Waals surface area contributed by atoms with Crippen LogP contribution in [-0.4, -0.2) is 66.1 Å². The summed E-state index contributed by atoms with van der Waals surface area (Å²) in [5.74, 6) is -0.343. The number of hydrogen-bond acceptors (Lipinski definition) is 6. The normalized spacial score (nSPS) is 15.4. The second-order valence-corrected chi connectivity index (χ2v) is 11.8. The van der Waals surface area contributed by atoms with Gasteiger partial charge in [-0.3, -0.25) is 9.59 Å². The Bertz CT molecular complexity index is 1380. The first-order valence-corrected chi connectivity index (χ1v) is 14.1. The largest absolute Gasteiger partial charge is 0.348 e. The third-order valence-corrected chi connectivity index (χ3v) is 7.76. The number of aromatic nitrogens is 2. The first kappa shape index (κ1) is 26.1. The number of anilines is 1. The molecule has 3 aromatic rings. The predicted octanol–water partition coefficient (Wildman–Crippen LogP) is 3.33. The lowest BCUT2D eigenvalue weighted by Gasteiger charge is -2.34. The van der Waals surface area contributed by atoms with E-state index in [1.807, 2.05) is 0 Å². The van der Waals surface area contributed by atoms with E-state index in [4.69, 9.17) is 11.6 Å². The van der Waals surface area contributed by atoms with E-state index in [0.29, 0.717) is 33.5 Å². The van der Waals surface area contributed by atoms with Crippen molar-refractivity contribution < 1.29 is 18.0 Å². The van der Waals surface area contributed by atoms with Crippen LogP contribution in [0.3, 0.4) is 0 Å². The fourth-order valence-corrected chi connectivity index (χ4v) is 5.20. The summed E-state index contributed by atoms with van der Waals surface area (Å²) in [5.41, 5.74) is 0.877. The van der Waals surface area contributed by atoms with Crippen LogP contribution < -0.4 is 10.6 Å². The van der Waals surface area contributed by atoms with Crippen LogP contribution in [-0.2, 0) is 21.2 Å². The maximum absolute atomic E-state index is 13.4. The van der Waals surface area contributed by atoms with Crippen molar-refractivity contribution in [3.05, 3.63) is 53.3 Å². The van der Waals surface area contributed by atoms with Gasteiger partial charge >= 0.3 is 0 Å². The Labute approximate surface area is 215 Å². The van der Waals surface area contributed by atoms with Gasteiger partial charge in [-0.15, -0.1) is 0 Å². The number of pyridine rings is 1. The van der Waals surface area contributed by atoms with Crippen LogP contribution in [0.4, 0.5) is 5.82 Å². The van der Waals surface area contributed by atoms with E-state index < -0.39 is 9.84 Å². The molecule has 1 aromatic carbocycles. The molecule has 11 heteroatoms. The maximum Gasteiger partial charge on any atom is 0.268 e. The number of nitrogens with one attached hydrogen (secondary N) is 2. The van der Waals surface area contributed by atoms with Gasteiger partial charge in [-0.05, 0) is 63.1 Å². The molecule has 0 radical (unpaired) electrons. The average Bonchev–Trinajstić information content (AvgIpc) is 3.18. The summed E-state index contributed by atoms with van der Waals surface area (Å²) in [6.07, 6.45) is 4.24. The molecule has 0 aliphatic carbocycles. The molecule has 1 fully saturated rings. The van der Waals surface area contributed by atoms with Crippen molar-refractivity contribution in [3.8, 4) is 0 Å². The quantitative estimate of drug-likeness (QED) is 0.483. The third-order valence-electron chi connectivity index (χ3n) is 6.43. The summed E-state index contributed by atoms with van der Waals surface area (Å²) in [7, 11) is -3.43. The second-order valence-electron chi connectivity index (χ2n) is 9.40. The van der Waals surface area contributed by atoms with Gasteiger partial charge in [-0.25, -0.2) is 13.4 Å². The van der Waals surface area contributed by atoms with Gasteiger partial charge in [-0.1, -0.05) is 11.6 Å². The van der Waals surface area contributed by atoms with Crippen molar-refractivity contribution in [1.29, 1.82) is 0 Å². The molecule has 36 heavy (non-hydrogen) atoms. The molecule has 2 amide bonds. The molecule has 0 atom stereocenters. The Morgan fingerprint density at radius 3 is 2.47 bits per heavy atom. The number of likely N-dealkylation sites (tertiary alicyclic amines) is 1. The van der Waals surface area contributed by atoms with Crippen molar-refractivity contribution in [1.82, 2.24) is 19.8 Å². The molecule has 4 rings (SSSR count). The molecule has 9 nitrogen and oxygen atoms in total. The summed E-state index contributed by atoms with van der Waals surface area (Å²) in [6, 6.07) is 9.95. The SMILES string of the molecule is CC(C)N1CCC(NC(=O)c2cc3cc(S(C)(=O)=O)ccc3n2CC(=O)Nc2ccc(Cl)cn2)CC1. The number of carbonyl (C=O) groups is 2. The van der Waals surface area contributed by atoms with E-state index in [1.165, 1.54) is 18.3 Å². The summed E-state index contributed by atoms with van der Waals surface area (Å²) in [5, 5.41) is 6.83. The Morgan fingerprint density at radius 2 is 1.86 bits per heavy atom. The van der Waals surface area contributed by atoms with Crippen molar-refractivity contribution in [3.63, 3.8) is 0 Å². The number of sulfone groups is 1. The summed E-state index contributed by atoms with van der Waals surface area (Å²) in [6.45, 7) is 5.97. The van der Waals surface area contributed by atoms with Gasteiger partial charge < -0.3 is 20.1 Å². The molecule has 1 aliphatic rings. The van der Waals surface area contributed by atoms with Crippen LogP contribution >= 0.6 is 11.6 Å². The van der Waals surface area contributed by atoms with Crippen molar-refractivity contribution in [2.45, 2.75) is 50.2 Å². The highest BCUT2D eigenvalue weighted by molar-refractivity contribution is 7.90. The molecule has 3 heterocycles. The first-order chi connectivity index (χ1) is 17.0. The van der Waals surface area contributed by atoms with Gasteiger partial charge in [0, 0.05) is 48.5 Å². The summed E-state index contributed by atoms with van der Waals surface area (Å²) in [4.78, 5) is 32.8. The van der Waals surface area contributed by atoms with E-state index in [1.54, 1.807) is 28.8 Å². The van der Waals surface area contributed by atoms with E-state index in [-0.39, 0.29) is 29.3 Å². The number of benzene rings is 1.